The molecule has 3 saturated carbocycles. The minimum Gasteiger partial charge on any atom is -0.462 e. The highest BCUT2D eigenvalue weighted by molar-refractivity contribution is 5.86. The van der Waals surface area contributed by atoms with Crippen LogP contribution in [-0.4, -0.2) is 41.6 Å². The number of carbonyl (C=O) groups excluding carboxylic acids is 2. The Morgan fingerprint density at radius 2 is 1.93 bits per heavy atom. The van der Waals surface area contributed by atoms with Crippen LogP contribution in [0, 0.1) is 34.5 Å². The lowest BCUT2D eigenvalue weighted by atomic mass is 9.38. The summed E-state index contributed by atoms with van der Waals surface area (Å²) in [6, 6.07) is 0. The minimum atomic E-state index is -1.09. The topological polar surface area (TPSA) is 82.1 Å². The Morgan fingerprint density at radius 1 is 1.27 bits per heavy atom. The number of fused-ring (bicyclic) bond motifs is 4. The zero-order valence-electron chi connectivity index (χ0n) is 19.3. The molecular formula is C24H36O6. The molecule has 1 N–H and O–H groups in total. The summed E-state index contributed by atoms with van der Waals surface area (Å²) in [5.41, 5.74) is -1.15. The monoisotopic (exact) mass is 420 g/mol. The van der Waals surface area contributed by atoms with Crippen molar-refractivity contribution in [1.82, 2.24) is 0 Å². The van der Waals surface area contributed by atoms with Crippen molar-refractivity contribution in [2.45, 2.75) is 84.7 Å². The van der Waals surface area contributed by atoms with Gasteiger partial charge in [-0.25, -0.2) is 4.79 Å². The average Bonchev–Trinajstić information content (AvgIpc) is 3.00. The molecule has 4 rings (SSSR count). The third kappa shape index (κ3) is 2.49. The van der Waals surface area contributed by atoms with E-state index in [0.717, 1.165) is 12.0 Å². The Balaban J connectivity index is 1.86. The number of hydrogen-bond donors (Lipinski definition) is 1. The van der Waals surface area contributed by atoms with Crippen LogP contribution in [0.5, 0.6) is 0 Å². The van der Waals surface area contributed by atoms with E-state index in [1.54, 1.807) is 13.2 Å². The van der Waals surface area contributed by atoms with Gasteiger partial charge in [-0.15, -0.1) is 0 Å². The van der Waals surface area contributed by atoms with Gasteiger partial charge >= 0.3 is 11.9 Å². The number of aliphatic hydroxyl groups is 1. The number of methoxy groups -OCH3 is 1. The molecule has 168 valence electrons. The van der Waals surface area contributed by atoms with Crippen molar-refractivity contribution >= 4 is 11.9 Å². The van der Waals surface area contributed by atoms with Crippen LogP contribution in [0.2, 0.25) is 0 Å². The summed E-state index contributed by atoms with van der Waals surface area (Å²) < 4.78 is 17.5. The number of carbonyl (C=O) groups is 2. The van der Waals surface area contributed by atoms with Crippen LogP contribution in [0.25, 0.3) is 0 Å². The minimum absolute atomic E-state index is 0.0228. The van der Waals surface area contributed by atoms with E-state index in [0.29, 0.717) is 19.3 Å². The van der Waals surface area contributed by atoms with Gasteiger partial charge in [-0.3, -0.25) is 4.79 Å². The van der Waals surface area contributed by atoms with Gasteiger partial charge in [0.05, 0.1) is 5.60 Å². The van der Waals surface area contributed by atoms with Crippen molar-refractivity contribution in [1.29, 1.82) is 0 Å². The molecule has 3 aliphatic carbocycles. The van der Waals surface area contributed by atoms with E-state index in [2.05, 4.69) is 34.6 Å². The van der Waals surface area contributed by atoms with Gasteiger partial charge in [0.1, 0.15) is 6.10 Å². The number of rotatable bonds is 2. The van der Waals surface area contributed by atoms with E-state index >= 15 is 0 Å². The van der Waals surface area contributed by atoms with E-state index in [4.69, 9.17) is 14.2 Å². The van der Waals surface area contributed by atoms with E-state index < -0.39 is 22.9 Å². The van der Waals surface area contributed by atoms with Gasteiger partial charge in [0.2, 0.25) is 5.79 Å². The molecule has 6 nitrogen and oxygen atoms in total. The molecule has 8 atom stereocenters. The van der Waals surface area contributed by atoms with E-state index in [9.17, 15) is 14.7 Å². The molecule has 0 spiro atoms. The lowest BCUT2D eigenvalue weighted by Crippen LogP contribution is -2.74. The fourth-order valence-electron chi connectivity index (χ4n) is 7.61. The first-order valence-corrected chi connectivity index (χ1v) is 11.2. The molecule has 4 aliphatic rings. The second-order valence-corrected chi connectivity index (χ2v) is 10.9. The summed E-state index contributed by atoms with van der Waals surface area (Å²) in [5, 5.41) is 12.4. The highest BCUT2D eigenvalue weighted by Crippen LogP contribution is 2.70. The standard InChI is InChI=1S/C24H36O6/c1-13-10-19(29-15(3)25)22(6)18-12-23(28-7)17(11-20(26)30-23)14(2)16(18)8-9-24(22,27)21(13,4)5/h11,13-14,16,18-19,27H,8-10,12H2,1-7H3/t13?,14-,16-,18-,19-,22-,23+,24+/m0/s1. The molecule has 0 saturated heterocycles. The average molecular weight is 421 g/mol. The largest absolute Gasteiger partial charge is 0.462 e. The molecule has 3 fully saturated rings. The van der Waals surface area contributed by atoms with Gasteiger partial charge in [0.15, 0.2) is 0 Å². The summed E-state index contributed by atoms with van der Waals surface area (Å²) >= 11 is 0. The molecule has 0 amide bonds. The number of ether oxygens (including phenoxy) is 3. The van der Waals surface area contributed by atoms with Crippen molar-refractivity contribution in [3.63, 3.8) is 0 Å². The Hall–Kier alpha value is -1.40. The van der Waals surface area contributed by atoms with Crippen LogP contribution in [0.15, 0.2) is 11.6 Å². The summed E-state index contributed by atoms with van der Waals surface area (Å²) in [6.45, 7) is 12.1. The van der Waals surface area contributed by atoms with Crippen molar-refractivity contribution in [2.24, 2.45) is 34.5 Å². The highest BCUT2D eigenvalue weighted by atomic mass is 16.7. The van der Waals surface area contributed by atoms with E-state index in [1.807, 2.05) is 0 Å². The summed E-state index contributed by atoms with van der Waals surface area (Å²) in [7, 11) is 1.58. The first-order valence-electron chi connectivity index (χ1n) is 11.2. The quantitative estimate of drug-likeness (QED) is 0.687. The fraction of sp³-hybridized carbons (Fsp3) is 0.833. The molecule has 1 unspecified atom stereocenters. The normalized spacial score (nSPS) is 49.3. The van der Waals surface area contributed by atoms with Gasteiger partial charge in [0.25, 0.3) is 0 Å². The smallest absolute Gasteiger partial charge is 0.333 e. The van der Waals surface area contributed by atoms with E-state index in [-0.39, 0.29) is 41.0 Å². The number of hydrogen-bond acceptors (Lipinski definition) is 6. The van der Waals surface area contributed by atoms with Crippen molar-refractivity contribution in [3.8, 4) is 0 Å². The van der Waals surface area contributed by atoms with Crippen molar-refractivity contribution in [2.75, 3.05) is 7.11 Å². The third-order valence-electron chi connectivity index (χ3n) is 9.79. The first kappa shape index (κ1) is 21.8. The van der Waals surface area contributed by atoms with Gasteiger partial charge in [0, 0.05) is 37.5 Å². The Kier molecular flexibility index (Phi) is 4.76. The fourth-order valence-corrected chi connectivity index (χ4v) is 7.61. The van der Waals surface area contributed by atoms with Crippen LogP contribution < -0.4 is 0 Å². The molecule has 0 aromatic heterocycles. The van der Waals surface area contributed by atoms with Gasteiger partial charge in [-0.1, -0.05) is 34.6 Å². The van der Waals surface area contributed by atoms with Gasteiger partial charge in [-0.2, -0.15) is 0 Å². The summed E-state index contributed by atoms with van der Waals surface area (Å²) in [4.78, 5) is 24.3. The molecule has 6 heteroatoms. The lowest BCUT2D eigenvalue weighted by Gasteiger charge is -2.69. The Morgan fingerprint density at radius 3 is 2.53 bits per heavy atom. The first-order chi connectivity index (χ1) is 13.8. The predicted molar refractivity (Wildman–Crippen MR) is 110 cm³/mol. The SMILES string of the molecule is CO[C@@]12C[C@H]3[C@@H](CC[C@@]4(O)C(C)(C)C(C)C[C@H](OC(C)=O)[C@]34C)[C@H](C)C1=CC(=O)O2. The van der Waals surface area contributed by atoms with Crippen LogP contribution >= 0.6 is 0 Å². The summed E-state index contributed by atoms with van der Waals surface area (Å²) in [5.74, 6) is -1.28. The predicted octanol–water partition coefficient (Wildman–Crippen LogP) is 3.61. The second kappa shape index (κ2) is 6.55. The molecule has 0 aromatic carbocycles. The van der Waals surface area contributed by atoms with Crippen LogP contribution in [0.4, 0.5) is 0 Å². The lowest BCUT2D eigenvalue weighted by molar-refractivity contribution is -0.311. The highest BCUT2D eigenvalue weighted by Gasteiger charge is 2.73. The summed E-state index contributed by atoms with van der Waals surface area (Å²) in [6.07, 6.45) is 3.85. The molecule has 0 radical (unpaired) electrons. The van der Waals surface area contributed by atoms with Gasteiger partial charge < -0.3 is 19.3 Å². The van der Waals surface area contributed by atoms with Crippen molar-refractivity contribution in [3.05, 3.63) is 11.6 Å². The second-order valence-electron chi connectivity index (χ2n) is 10.9. The zero-order valence-corrected chi connectivity index (χ0v) is 19.3. The maximum absolute atomic E-state index is 12.4. The Bertz CT molecular complexity index is 802. The molecule has 0 bridgehead atoms. The maximum atomic E-state index is 12.4. The van der Waals surface area contributed by atoms with Crippen molar-refractivity contribution < 1.29 is 28.9 Å². The molecule has 30 heavy (non-hydrogen) atoms. The van der Waals surface area contributed by atoms with Crippen LogP contribution in [0.1, 0.15) is 67.2 Å². The molecule has 0 aromatic rings. The third-order valence-corrected chi connectivity index (χ3v) is 9.79. The van der Waals surface area contributed by atoms with E-state index in [1.165, 1.54) is 6.92 Å². The Labute approximate surface area is 179 Å². The molecule has 1 aliphatic heterocycles. The zero-order chi connectivity index (χ0) is 22.3. The number of esters is 2. The molecule has 1 heterocycles. The van der Waals surface area contributed by atoms with Crippen LogP contribution in [-0.2, 0) is 23.8 Å². The van der Waals surface area contributed by atoms with Gasteiger partial charge in [-0.05, 0) is 48.3 Å². The molecular weight excluding hydrogens is 384 g/mol. The maximum Gasteiger partial charge on any atom is 0.333 e. The van der Waals surface area contributed by atoms with Crippen LogP contribution in [0.3, 0.4) is 0 Å².